The second-order valence-corrected chi connectivity index (χ2v) is 8.66. The molecule has 0 saturated heterocycles. The lowest BCUT2D eigenvalue weighted by Crippen LogP contribution is -2.22. The Morgan fingerprint density at radius 3 is 2.41 bits per heavy atom. The molecule has 0 unspecified atom stereocenters. The van der Waals surface area contributed by atoms with Crippen LogP contribution in [0.15, 0.2) is 16.7 Å². The van der Waals surface area contributed by atoms with Gasteiger partial charge >= 0.3 is 0 Å². The molecular weight excluding hydrogens is 332 g/mol. The molecule has 0 atom stereocenters. The van der Waals surface area contributed by atoms with Crippen LogP contribution in [0.2, 0.25) is 0 Å². The zero-order valence-corrected chi connectivity index (χ0v) is 12.4. The first-order valence-electron chi connectivity index (χ1n) is 4.39. The Labute approximate surface area is 109 Å². The highest BCUT2D eigenvalue weighted by molar-refractivity contribution is 9.10. The summed E-state index contributed by atoms with van der Waals surface area (Å²) in [4.78, 5) is 3.82. The number of hydrogen-bond donors (Lipinski definition) is 1. The molecule has 9 heteroatoms. The average Bonchev–Trinajstić information content (AvgIpc) is 2.06. The zero-order valence-electron chi connectivity index (χ0n) is 9.14. The Bertz CT molecular complexity index is 625. The van der Waals surface area contributed by atoms with Gasteiger partial charge in [0, 0.05) is 16.9 Å². The predicted octanol–water partition coefficient (Wildman–Crippen LogP) is 0.896. The number of anilines is 1. The van der Waals surface area contributed by atoms with Gasteiger partial charge in [-0.25, -0.2) is 21.8 Å². The third-order valence-electron chi connectivity index (χ3n) is 1.68. The molecule has 0 aliphatic rings. The van der Waals surface area contributed by atoms with Crippen molar-refractivity contribution in [3.8, 4) is 0 Å². The first-order valence-corrected chi connectivity index (χ1v) is 8.90. The fourth-order valence-electron chi connectivity index (χ4n) is 1.07. The van der Waals surface area contributed by atoms with E-state index in [1.807, 2.05) is 0 Å². The van der Waals surface area contributed by atoms with Gasteiger partial charge in [0.25, 0.3) is 0 Å². The number of rotatable bonds is 4. The topological polar surface area (TPSA) is 93.2 Å². The molecule has 0 aliphatic carbocycles. The van der Waals surface area contributed by atoms with Crippen LogP contribution >= 0.6 is 15.9 Å². The number of nitrogens with zero attached hydrogens (tertiary/aromatic N) is 1. The summed E-state index contributed by atoms with van der Waals surface area (Å²) in [6, 6.07) is 1.50. The van der Waals surface area contributed by atoms with Gasteiger partial charge in [-0.05, 0) is 34.5 Å². The van der Waals surface area contributed by atoms with Crippen LogP contribution in [0, 0.1) is 6.92 Å². The van der Waals surface area contributed by atoms with E-state index in [2.05, 4.69) is 25.6 Å². The third-order valence-corrected chi connectivity index (χ3v) is 5.98. The van der Waals surface area contributed by atoms with Crippen molar-refractivity contribution in [2.45, 2.75) is 6.92 Å². The number of hydrogen-bond acceptors (Lipinski definition) is 5. The van der Waals surface area contributed by atoms with E-state index in [0.717, 1.165) is 16.3 Å². The fraction of sp³-hybridized carbons (Fsp3) is 0.375. The van der Waals surface area contributed by atoms with Crippen LogP contribution in [0.4, 0.5) is 5.82 Å². The van der Waals surface area contributed by atoms with Crippen LogP contribution in [-0.2, 0) is 19.9 Å². The number of pyridine rings is 1. The SMILES string of the molecule is Cc1cc(NS(=O)(=O)CS(C)(=O)=O)ncc1Br. The van der Waals surface area contributed by atoms with Crippen molar-refractivity contribution in [1.82, 2.24) is 4.98 Å². The van der Waals surface area contributed by atoms with Gasteiger partial charge in [0.05, 0.1) is 0 Å². The minimum Gasteiger partial charge on any atom is -0.266 e. The number of halogens is 1. The summed E-state index contributed by atoms with van der Waals surface area (Å²) < 4.78 is 47.6. The van der Waals surface area contributed by atoms with Crippen LogP contribution in [0.1, 0.15) is 5.56 Å². The summed E-state index contributed by atoms with van der Waals surface area (Å²) in [6.45, 7) is 1.76. The summed E-state index contributed by atoms with van der Waals surface area (Å²) in [6.07, 6.45) is 2.29. The van der Waals surface area contributed by atoms with Crippen molar-refractivity contribution in [2.75, 3.05) is 16.1 Å². The van der Waals surface area contributed by atoms with Gasteiger partial charge in [0.15, 0.2) is 14.9 Å². The van der Waals surface area contributed by atoms with Crippen LogP contribution in [-0.4, -0.2) is 33.2 Å². The highest BCUT2D eigenvalue weighted by Gasteiger charge is 2.18. The summed E-state index contributed by atoms with van der Waals surface area (Å²) in [7, 11) is -7.55. The molecule has 1 aromatic rings. The van der Waals surface area contributed by atoms with Gasteiger partial charge in [0.1, 0.15) is 5.82 Å². The Morgan fingerprint density at radius 1 is 1.35 bits per heavy atom. The molecule has 17 heavy (non-hydrogen) atoms. The van der Waals surface area contributed by atoms with Crippen LogP contribution < -0.4 is 4.72 Å². The molecule has 0 spiro atoms. The lowest BCUT2D eigenvalue weighted by atomic mass is 10.3. The van der Waals surface area contributed by atoms with Crippen molar-refractivity contribution in [3.05, 3.63) is 22.3 Å². The van der Waals surface area contributed by atoms with E-state index < -0.39 is 24.9 Å². The largest absolute Gasteiger partial charge is 0.266 e. The van der Waals surface area contributed by atoms with Crippen molar-refractivity contribution in [1.29, 1.82) is 0 Å². The van der Waals surface area contributed by atoms with E-state index in [4.69, 9.17) is 0 Å². The number of sulfonamides is 1. The Kier molecular flexibility index (Phi) is 4.15. The summed E-state index contributed by atoms with van der Waals surface area (Å²) >= 11 is 3.22. The molecule has 1 N–H and O–H groups in total. The fourth-order valence-corrected chi connectivity index (χ4v) is 4.20. The number of nitrogens with one attached hydrogen (secondary N) is 1. The smallest absolute Gasteiger partial charge is 0.248 e. The molecule has 1 rings (SSSR count). The zero-order chi connectivity index (χ0) is 13.3. The van der Waals surface area contributed by atoms with E-state index in [0.29, 0.717) is 0 Å². The number of aryl methyl sites for hydroxylation is 1. The van der Waals surface area contributed by atoms with Crippen molar-refractivity contribution in [3.63, 3.8) is 0 Å². The molecule has 0 amide bonds. The van der Waals surface area contributed by atoms with Gasteiger partial charge in [-0.15, -0.1) is 0 Å². The Morgan fingerprint density at radius 2 is 1.94 bits per heavy atom. The second-order valence-electron chi connectivity index (χ2n) is 3.58. The van der Waals surface area contributed by atoms with Gasteiger partial charge in [0.2, 0.25) is 10.0 Å². The molecule has 0 aromatic carbocycles. The van der Waals surface area contributed by atoms with Crippen molar-refractivity contribution >= 4 is 41.6 Å². The van der Waals surface area contributed by atoms with E-state index in [1.165, 1.54) is 12.3 Å². The first kappa shape index (κ1) is 14.4. The molecule has 0 bridgehead atoms. The minimum atomic E-state index is -3.94. The Balaban J connectivity index is 2.95. The summed E-state index contributed by atoms with van der Waals surface area (Å²) in [5.41, 5.74) is 0.789. The molecule has 96 valence electrons. The highest BCUT2D eigenvalue weighted by Crippen LogP contribution is 2.18. The van der Waals surface area contributed by atoms with Crippen molar-refractivity contribution < 1.29 is 16.8 Å². The third kappa shape index (κ3) is 5.00. The molecule has 1 aromatic heterocycles. The first-order chi connectivity index (χ1) is 7.59. The lowest BCUT2D eigenvalue weighted by Gasteiger charge is -2.07. The van der Waals surface area contributed by atoms with E-state index in [1.54, 1.807) is 6.92 Å². The summed E-state index contributed by atoms with van der Waals surface area (Å²) in [5, 5.41) is -0.962. The van der Waals surface area contributed by atoms with Crippen LogP contribution in [0.25, 0.3) is 0 Å². The van der Waals surface area contributed by atoms with Crippen LogP contribution in [0.5, 0.6) is 0 Å². The molecule has 0 aliphatic heterocycles. The normalized spacial score (nSPS) is 12.4. The molecular formula is C8H11BrN2O4S2. The molecule has 0 saturated carbocycles. The van der Waals surface area contributed by atoms with Gasteiger partial charge in [-0.1, -0.05) is 0 Å². The van der Waals surface area contributed by atoms with E-state index >= 15 is 0 Å². The molecule has 1 heterocycles. The van der Waals surface area contributed by atoms with Crippen molar-refractivity contribution in [2.24, 2.45) is 0 Å². The van der Waals surface area contributed by atoms with E-state index in [-0.39, 0.29) is 5.82 Å². The van der Waals surface area contributed by atoms with Gasteiger partial charge in [-0.2, -0.15) is 0 Å². The number of aromatic nitrogens is 1. The van der Waals surface area contributed by atoms with Crippen LogP contribution in [0.3, 0.4) is 0 Å². The van der Waals surface area contributed by atoms with E-state index in [9.17, 15) is 16.8 Å². The van der Waals surface area contributed by atoms with Gasteiger partial charge < -0.3 is 0 Å². The Hall–Kier alpha value is -0.670. The highest BCUT2D eigenvalue weighted by atomic mass is 79.9. The molecule has 0 fully saturated rings. The average molecular weight is 343 g/mol. The lowest BCUT2D eigenvalue weighted by molar-refractivity contribution is 0.595. The quantitative estimate of drug-likeness (QED) is 0.877. The minimum absolute atomic E-state index is 0.0920. The second kappa shape index (κ2) is 4.91. The maximum absolute atomic E-state index is 11.5. The molecule has 6 nitrogen and oxygen atoms in total. The molecule has 0 radical (unpaired) electrons. The number of sulfone groups is 1. The monoisotopic (exact) mass is 342 g/mol. The summed E-state index contributed by atoms with van der Waals surface area (Å²) in [5.74, 6) is 0.0920. The maximum Gasteiger partial charge on any atom is 0.248 e. The maximum atomic E-state index is 11.5. The standard InChI is InChI=1S/C8H11BrN2O4S2/c1-6-3-8(10-4-7(6)9)11-17(14,15)5-16(2,12)13/h3-4H,5H2,1-2H3,(H,10,11). The predicted molar refractivity (Wildman–Crippen MR) is 68.9 cm³/mol. The van der Waals surface area contributed by atoms with Gasteiger partial charge in [-0.3, -0.25) is 4.72 Å².